The van der Waals surface area contributed by atoms with Crippen LogP contribution in [0.5, 0.6) is 0 Å². The van der Waals surface area contributed by atoms with E-state index in [0.717, 1.165) is 22.3 Å². The Balaban J connectivity index is 3.05. The maximum atomic E-state index is 3.20. The van der Waals surface area contributed by atoms with Gasteiger partial charge in [0, 0.05) is 0 Å². The van der Waals surface area contributed by atoms with E-state index in [0.29, 0.717) is 0 Å². The van der Waals surface area contributed by atoms with E-state index in [9.17, 15) is 0 Å². The Bertz CT molecular complexity index is 449. The minimum absolute atomic E-state index is 1.06. The number of hydrogen-bond acceptors (Lipinski definition) is 0. The molecule has 0 atom stereocenters. The molecule has 0 aromatic heterocycles. The molecule has 1 aliphatic carbocycles. The van der Waals surface area contributed by atoms with E-state index in [4.69, 9.17) is 0 Å². The van der Waals surface area contributed by atoms with Gasteiger partial charge in [0.25, 0.3) is 0 Å². The average molecular weight is 260 g/mol. The summed E-state index contributed by atoms with van der Waals surface area (Å²) in [5.41, 5.74) is 4.23. The monoisotopic (exact) mass is 260 g/mol. The van der Waals surface area contributed by atoms with Gasteiger partial charge < -0.3 is 0 Å². The van der Waals surface area contributed by atoms with E-state index in [1.54, 1.807) is 0 Å². The van der Waals surface area contributed by atoms with E-state index in [1.807, 2.05) is 76.3 Å². The van der Waals surface area contributed by atoms with E-state index in [2.05, 4.69) is 24.3 Å². The SMILES string of the molecule is CC1=[C]/C=C/C(C)=[C]/C=C/C(C)=[C]/C=C/C(C)=[C]/C=C\1. The zero-order valence-electron chi connectivity index (χ0n) is 12.6. The van der Waals surface area contributed by atoms with Crippen molar-refractivity contribution in [1.29, 1.82) is 0 Å². The van der Waals surface area contributed by atoms with Crippen LogP contribution in [-0.2, 0) is 0 Å². The van der Waals surface area contributed by atoms with Gasteiger partial charge in [-0.05, 0) is 74.3 Å². The zero-order valence-corrected chi connectivity index (χ0v) is 12.6. The molecule has 0 saturated heterocycles. The molecular weight excluding hydrogens is 240 g/mol. The van der Waals surface area contributed by atoms with E-state index in [-0.39, 0.29) is 0 Å². The summed E-state index contributed by atoms with van der Waals surface area (Å²) < 4.78 is 0. The normalized spacial score (nSPS) is 34.2. The third-order valence-corrected chi connectivity index (χ3v) is 2.58. The summed E-state index contributed by atoms with van der Waals surface area (Å²) in [6, 6.07) is 0. The molecule has 0 nitrogen and oxygen atoms in total. The van der Waals surface area contributed by atoms with Crippen LogP contribution in [0.4, 0.5) is 0 Å². The molecule has 0 amide bonds. The quantitative estimate of drug-likeness (QED) is 0.560. The highest BCUT2D eigenvalue weighted by Gasteiger charge is 1.84. The molecule has 0 bridgehead atoms. The molecule has 0 heteroatoms. The average Bonchev–Trinajstić information content (AvgIpc) is 2.37. The van der Waals surface area contributed by atoms with Gasteiger partial charge in [-0.3, -0.25) is 0 Å². The summed E-state index contributed by atoms with van der Waals surface area (Å²) in [7, 11) is 0. The third-order valence-electron chi connectivity index (χ3n) is 2.58. The first-order chi connectivity index (χ1) is 9.58. The van der Waals surface area contributed by atoms with Crippen molar-refractivity contribution in [3.63, 3.8) is 0 Å². The summed E-state index contributed by atoms with van der Waals surface area (Å²) in [6.45, 7) is 8.05. The second-order valence-electron chi connectivity index (χ2n) is 4.64. The third kappa shape index (κ3) is 7.38. The van der Waals surface area contributed by atoms with Crippen LogP contribution < -0.4 is 0 Å². The first kappa shape index (κ1) is 16.0. The van der Waals surface area contributed by atoms with Gasteiger partial charge in [-0.25, -0.2) is 0 Å². The van der Waals surface area contributed by atoms with Crippen molar-refractivity contribution < 1.29 is 0 Å². The Morgan fingerprint density at radius 3 is 0.850 bits per heavy atom. The molecule has 100 valence electrons. The number of allylic oxidation sites excluding steroid dienone is 16. The van der Waals surface area contributed by atoms with Gasteiger partial charge in [0.1, 0.15) is 0 Å². The van der Waals surface area contributed by atoms with Crippen molar-refractivity contribution in [1.82, 2.24) is 0 Å². The smallest absolute Gasteiger partial charge is 0.0152 e. The first-order valence-corrected chi connectivity index (χ1v) is 6.64. The molecule has 0 aromatic rings. The van der Waals surface area contributed by atoms with Crippen molar-refractivity contribution in [2.24, 2.45) is 0 Å². The lowest BCUT2D eigenvalue weighted by Gasteiger charge is -1.91. The Kier molecular flexibility index (Phi) is 7.13. The molecule has 0 N–H and O–H groups in total. The molecule has 1 aliphatic rings. The van der Waals surface area contributed by atoms with Crippen LogP contribution in [0.25, 0.3) is 0 Å². The standard InChI is InChI=1S/C20H20/c1-17-9-5-11-18(2)13-7-15-20(4)16-8-14-19(3)12-6-10-17/h5-9,12-13,16H,1-4H3/b9-5-,10-6?,11-5?,12-6+,13-7+,14-8?,15-7?,16-8+,17-9?,17-10?,18-11?,18-13?,19-12?,19-14?,20-15?,20-16?. The number of hydrogen-bond donors (Lipinski definition) is 0. The van der Waals surface area contributed by atoms with Gasteiger partial charge in [-0.1, -0.05) is 48.6 Å². The molecule has 0 unspecified atom stereocenters. The summed E-state index contributed by atoms with van der Waals surface area (Å²) >= 11 is 0. The van der Waals surface area contributed by atoms with Gasteiger partial charge >= 0.3 is 0 Å². The summed E-state index contributed by atoms with van der Waals surface area (Å²) in [5, 5.41) is 0. The van der Waals surface area contributed by atoms with E-state index < -0.39 is 0 Å². The van der Waals surface area contributed by atoms with E-state index in [1.165, 1.54) is 0 Å². The molecule has 20 heavy (non-hydrogen) atoms. The Morgan fingerprint density at radius 1 is 0.450 bits per heavy atom. The fourth-order valence-corrected chi connectivity index (χ4v) is 1.38. The Morgan fingerprint density at radius 2 is 0.650 bits per heavy atom. The first-order valence-electron chi connectivity index (χ1n) is 6.64. The summed E-state index contributed by atoms with van der Waals surface area (Å²) in [6.07, 6.45) is 28.4. The van der Waals surface area contributed by atoms with Crippen molar-refractivity contribution in [3.8, 4) is 0 Å². The molecule has 0 heterocycles. The van der Waals surface area contributed by atoms with Crippen LogP contribution in [0.1, 0.15) is 27.7 Å². The van der Waals surface area contributed by atoms with Gasteiger partial charge in [0.15, 0.2) is 0 Å². The molecule has 1 rings (SSSR count). The molecule has 0 aromatic carbocycles. The van der Waals surface area contributed by atoms with Crippen molar-refractivity contribution in [3.05, 3.63) is 95.2 Å². The lowest BCUT2D eigenvalue weighted by molar-refractivity contribution is 1.43. The zero-order chi connectivity index (χ0) is 14.8. The number of rotatable bonds is 0. The van der Waals surface area contributed by atoms with Crippen LogP contribution in [0.15, 0.2) is 70.9 Å². The lowest BCUT2D eigenvalue weighted by Crippen LogP contribution is -1.73. The largest absolute Gasteiger partial charge is 0.0581 e. The Hall–Kier alpha value is -2.08. The van der Waals surface area contributed by atoms with Crippen molar-refractivity contribution in [2.75, 3.05) is 0 Å². The highest BCUT2D eigenvalue weighted by molar-refractivity contribution is 5.28. The fraction of sp³-hybridized carbons (Fsp3) is 0.200. The topological polar surface area (TPSA) is 0 Å². The summed E-state index contributed by atoms with van der Waals surface area (Å²) in [4.78, 5) is 0. The second-order valence-corrected chi connectivity index (χ2v) is 4.64. The predicted octanol–water partition coefficient (Wildman–Crippen LogP) is 5.22. The van der Waals surface area contributed by atoms with Crippen LogP contribution in [0.3, 0.4) is 0 Å². The molecular formula is C20H20. The summed E-state index contributed by atoms with van der Waals surface area (Å²) in [5.74, 6) is 0. The molecule has 0 aliphatic heterocycles. The van der Waals surface area contributed by atoms with Crippen LogP contribution in [0.2, 0.25) is 0 Å². The van der Waals surface area contributed by atoms with Crippen LogP contribution in [-0.4, -0.2) is 0 Å². The van der Waals surface area contributed by atoms with Crippen molar-refractivity contribution >= 4 is 0 Å². The molecule has 0 fully saturated rings. The van der Waals surface area contributed by atoms with Gasteiger partial charge in [-0.2, -0.15) is 0 Å². The van der Waals surface area contributed by atoms with E-state index >= 15 is 0 Å². The predicted molar refractivity (Wildman–Crippen MR) is 86.3 cm³/mol. The fourth-order valence-electron chi connectivity index (χ4n) is 1.38. The van der Waals surface area contributed by atoms with Gasteiger partial charge in [-0.15, -0.1) is 0 Å². The highest BCUT2D eigenvalue weighted by atomic mass is 13.9. The van der Waals surface area contributed by atoms with Gasteiger partial charge in [0.05, 0.1) is 0 Å². The molecule has 0 saturated carbocycles. The molecule has 4 radical (unpaired) electrons. The second kappa shape index (κ2) is 8.92. The lowest BCUT2D eigenvalue weighted by atomic mass is 10.1. The molecule has 0 spiro atoms. The Labute approximate surface area is 123 Å². The minimum Gasteiger partial charge on any atom is -0.0581 e. The van der Waals surface area contributed by atoms with Crippen molar-refractivity contribution in [2.45, 2.75) is 27.7 Å². The van der Waals surface area contributed by atoms with Crippen LogP contribution >= 0.6 is 0 Å². The maximum absolute atomic E-state index is 3.20. The van der Waals surface area contributed by atoms with Crippen LogP contribution in [0, 0.1) is 24.3 Å². The minimum atomic E-state index is 1.06. The van der Waals surface area contributed by atoms with Gasteiger partial charge in [0.2, 0.25) is 0 Å². The maximum Gasteiger partial charge on any atom is -0.0152 e. The highest BCUT2D eigenvalue weighted by Crippen LogP contribution is 2.03.